The molecule has 2 aromatic rings. The molecule has 0 aliphatic heterocycles. The molecule has 1 heterocycles. The van der Waals surface area contributed by atoms with Crippen molar-refractivity contribution in [2.45, 2.75) is 45.1 Å². The lowest BCUT2D eigenvalue weighted by atomic mass is 9.98. The number of nitrogens with zero attached hydrogens (tertiary/aromatic N) is 1. The van der Waals surface area contributed by atoms with Gasteiger partial charge in [-0.15, -0.1) is 0 Å². The molecule has 0 radical (unpaired) electrons. The van der Waals surface area contributed by atoms with Crippen molar-refractivity contribution >= 4 is 27.0 Å². The van der Waals surface area contributed by atoms with Crippen LogP contribution >= 0.6 is 15.9 Å². The molecule has 3 rings (SSSR count). The van der Waals surface area contributed by atoms with Gasteiger partial charge < -0.3 is 9.72 Å². The molecule has 0 unspecified atom stereocenters. The standard InChI is InChI=1S/C15H17BrN2O2/c1-9-15(19)18-12-7-10(16)8-13(14(12)17-9)20-11-5-3-2-4-6-11/h7-8,11H,2-6H2,1H3,(H,18,19). The molecule has 0 saturated heterocycles. The van der Waals surface area contributed by atoms with Gasteiger partial charge in [-0.1, -0.05) is 22.4 Å². The van der Waals surface area contributed by atoms with Crippen LogP contribution in [0.25, 0.3) is 11.0 Å². The molecule has 1 N–H and O–H groups in total. The molecule has 0 bridgehead atoms. The van der Waals surface area contributed by atoms with Crippen molar-refractivity contribution in [2.75, 3.05) is 0 Å². The van der Waals surface area contributed by atoms with Gasteiger partial charge in [-0.25, -0.2) is 4.98 Å². The summed E-state index contributed by atoms with van der Waals surface area (Å²) in [6, 6.07) is 3.79. The van der Waals surface area contributed by atoms with Crippen LogP contribution in [0.2, 0.25) is 0 Å². The highest BCUT2D eigenvalue weighted by molar-refractivity contribution is 9.10. The number of fused-ring (bicyclic) bond motifs is 1. The molecule has 1 aromatic carbocycles. The fourth-order valence-corrected chi connectivity index (χ4v) is 3.11. The highest BCUT2D eigenvalue weighted by Crippen LogP contribution is 2.30. The Balaban J connectivity index is 2.04. The molecule has 1 aliphatic carbocycles. The van der Waals surface area contributed by atoms with Gasteiger partial charge in [0.2, 0.25) is 0 Å². The molecule has 4 nitrogen and oxygen atoms in total. The van der Waals surface area contributed by atoms with Gasteiger partial charge in [-0.3, -0.25) is 4.79 Å². The minimum atomic E-state index is -0.154. The normalized spacial score (nSPS) is 16.5. The predicted molar refractivity (Wildman–Crippen MR) is 82.3 cm³/mol. The lowest BCUT2D eigenvalue weighted by Crippen LogP contribution is -2.20. The van der Waals surface area contributed by atoms with Crippen molar-refractivity contribution in [1.82, 2.24) is 9.97 Å². The lowest BCUT2D eigenvalue weighted by molar-refractivity contribution is 0.156. The molecule has 5 heteroatoms. The lowest BCUT2D eigenvalue weighted by Gasteiger charge is -2.23. The van der Waals surface area contributed by atoms with Crippen LogP contribution in [0.15, 0.2) is 21.4 Å². The van der Waals surface area contributed by atoms with E-state index >= 15 is 0 Å². The van der Waals surface area contributed by atoms with Gasteiger partial charge in [-0.05, 0) is 44.7 Å². The highest BCUT2D eigenvalue weighted by atomic mass is 79.9. The zero-order chi connectivity index (χ0) is 14.1. The Morgan fingerprint density at radius 3 is 2.80 bits per heavy atom. The van der Waals surface area contributed by atoms with E-state index in [-0.39, 0.29) is 11.7 Å². The second-order valence-electron chi connectivity index (χ2n) is 5.33. The second-order valence-corrected chi connectivity index (χ2v) is 6.24. The number of aromatic amines is 1. The summed E-state index contributed by atoms with van der Waals surface area (Å²) in [7, 11) is 0. The third-order valence-corrected chi connectivity index (χ3v) is 4.20. The summed E-state index contributed by atoms with van der Waals surface area (Å²) in [5, 5.41) is 0. The Labute approximate surface area is 125 Å². The number of benzene rings is 1. The maximum absolute atomic E-state index is 11.7. The fraction of sp³-hybridized carbons (Fsp3) is 0.467. The van der Waals surface area contributed by atoms with Crippen LogP contribution in [0.1, 0.15) is 37.8 Å². The van der Waals surface area contributed by atoms with Crippen LogP contribution in [0, 0.1) is 6.92 Å². The van der Waals surface area contributed by atoms with Crippen LogP contribution in [0.5, 0.6) is 5.75 Å². The summed E-state index contributed by atoms with van der Waals surface area (Å²) in [5.74, 6) is 0.751. The molecule has 0 spiro atoms. The third-order valence-electron chi connectivity index (χ3n) is 3.74. The van der Waals surface area contributed by atoms with E-state index in [9.17, 15) is 4.79 Å². The Kier molecular flexibility index (Phi) is 3.78. The molecule has 0 amide bonds. The number of H-pyrrole nitrogens is 1. The zero-order valence-electron chi connectivity index (χ0n) is 11.4. The topological polar surface area (TPSA) is 55.0 Å². The average molecular weight is 337 g/mol. The largest absolute Gasteiger partial charge is 0.488 e. The summed E-state index contributed by atoms with van der Waals surface area (Å²) < 4.78 is 7.02. The van der Waals surface area contributed by atoms with Crippen molar-refractivity contribution in [3.05, 3.63) is 32.7 Å². The van der Waals surface area contributed by atoms with Gasteiger partial charge in [0.1, 0.15) is 17.0 Å². The number of rotatable bonds is 2. The summed E-state index contributed by atoms with van der Waals surface area (Å²) in [5.41, 5.74) is 1.75. The van der Waals surface area contributed by atoms with Crippen molar-refractivity contribution in [2.24, 2.45) is 0 Å². The summed E-state index contributed by atoms with van der Waals surface area (Å²) in [6.07, 6.45) is 6.19. The minimum Gasteiger partial charge on any atom is -0.488 e. The van der Waals surface area contributed by atoms with E-state index in [0.29, 0.717) is 11.2 Å². The number of aryl methyl sites for hydroxylation is 1. The van der Waals surface area contributed by atoms with Crippen molar-refractivity contribution in [3.63, 3.8) is 0 Å². The molecule has 106 valence electrons. The summed E-state index contributed by atoms with van der Waals surface area (Å²) in [6.45, 7) is 1.71. The second kappa shape index (κ2) is 5.56. The summed E-state index contributed by atoms with van der Waals surface area (Å²) >= 11 is 3.46. The number of ether oxygens (including phenoxy) is 1. The molecular formula is C15H17BrN2O2. The number of hydrogen-bond donors (Lipinski definition) is 1. The predicted octanol–water partition coefficient (Wildman–Crippen LogP) is 3.71. The first kappa shape index (κ1) is 13.6. The van der Waals surface area contributed by atoms with Gasteiger partial charge in [0, 0.05) is 4.47 Å². The van der Waals surface area contributed by atoms with Gasteiger partial charge in [0.05, 0.1) is 11.6 Å². The van der Waals surface area contributed by atoms with Gasteiger partial charge in [0.15, 0.2) is 0 Å². The van der Waals surface area contributed by atoms with Crippen LogP contribution < -0.4 is 10.3 Å². The van der Waals surface area contributed by atoms with Gasteiger partial charge in [0.25, 0.3) is 5.56 Å². The van der Waals surface area contributed by atoms with E-state index < -0.39 is 0 Å². The van der Waals surface area contributed by atoms with Crippen molar-refractivity contribution < 1.29 is 4.74 Å². The molecular weight excluding hydrogens is 320 g/mol. The Morgan fingerprint density at radius 1 is 1.30 bits per heavy atom. The van der Waals surface area contributed by atoms with E-state index in [0.717, 1.165) is 28.6 Å². The van der Waals surface area contributed by atoms with E-state index in [1.54, 1.807) is 6.92 Å². The maximum Gasteiger partial charge on any atom is 0.269 e. The minimum absolute atomic E-state index is 0.154. The number of halogens is 1. The smallest absolute Gasteiger partial charge is 0.269 e. The van der Waals surface area contributed by atoms with Crippen LogP contribution in [-0.4, -0.2) is 16.1 Å². The van der Waals surface area contributed by atoms with E-state index in [4.69, 9.17) is 4.74 Å². The Morgan fingerprint density at radius 2 is 2.05 bits per heavy atom. The first-order valence-electron chi connectivity index (χ1n) is 7.00. The molecule has 1 aromatic heterocycles. The highest BCUT2D eigenvalue weighted by Gasteiger charge is 2.17. The molecule has 1 saturated carbocycles. The summed E-state index contributed by atoms with van der Waals surface area (Å²) in [4.78, 5) is 18.9. The maximum atomic E-state index is 11.7. The van der Waals surface area contributed by atoms with E-state index in [2.05, 4.69) is 25.9 Å². The van der Waals surface area contributed by atoms with Gasteiger partial charge in [-0.2, -0.15) is 0 Å². The Hall–Kier alpha value is -1.36. The SMILES string of the molecule is Cc1nc2c(OC3CCCCC3)cc(Br)cc2[nH]c1=O. The first-order chi connectivity index (χ1) is 9.63. The van der Waals surface area contributed by atoms with Gasteiger partial charge >= 0.3 is 0 Å². The van der Waals surface area contributed by atoms with Crippen LogP contribution in [0.4, 0.5) is 0 Å². The fourth-order valence-electron chi connectivity index (χ4n) is 2.67. The van der Waals surface area contributed by atoms with E-state index in [1.165, 1.54) is 19.3 Å². The molecule has 20 heavy (non-hydrogen) atoms. The molecule has 1 fully saturated rings. The van der Waals surface area contributed by atoms with E-state index in [1.807, 2.05) is 12.1 Å². The monoisotopic (exact) mass is 336 g/mol. The molecule has 0 atom stereocenters. The molecule has 1 aliphatic rings. The Bertz CT molecular complexity index is 690. The van der Waals surface area contributed by atoms with Crippen LogP contribution in [0.3, 0.4) is 0 Å². The van der Waals surface area contributed by atoms with Crippen molar-refractivity contribution in [3.8, 4) is 5.75 Å². The van der Waals surface area contributed by atoms with Crippen molar-refractivity contribution in [1.29, 1.82) is 0 Å². The third kappa shape index (κ3) is 2.73. The quantitative estimate of drug-likeness (QED) is 0.909. The average Bonchev–Trinajstić information content (AvgIpc) is 2.42. The zero-order valence-corrected chi connectivity index (χ0v) is 13.0. The number of hydrogen-bond acceptors (Lipinski definition) is 3. The van der Waals surface area contributed by atoms with Crippen LogP contribution in [-0.2, 0) is 0 Å². The number of aromatic nitrogens is 2. The first-order valence-corrected chi connectivity index (χ1v) is 7.79. The number of nitrogens with one attached hydrogen (secondary N) is 1.